The van der Waals surface area contributed by atoms with Gasteiger partial charge in [-0.3, -0.25) is 4.98 Å². The van der Waals surface area contributed by atoms with Gasteiger partial charge in [0.25, 0.3) is 0 Å². The van der Waals surface area contributed by atoms with Crippen molar-refractivity contribution in [3.63, 3.8) is 0 Å². The second-order valence-electron chi connectivity index (χ2n) is 4.52. The molecule has 0 aliphatic carbocycles. The molecule has 5 nitrogen and oxygen atoms in total. The highest BCUT2D eigenvalue weighted by Gasteiger charge is 2.09. The Balaban J connectivity index is 2.00. The summed E-state index contributed by atoms with van der Waals surface area (Å²) in [5, 5.41) is 3.18. The number of hydrogen-bond donors (Lipinski definition) is 2. The van der Waals surface area contributed by atoms with Gasteiger partial charge in [-0.05, 0) is 30.3 Å². The Morgan fingerprint density at radius 2 is 2.05 bits per heavy atom. The van der Waals surface area contributed by atoms with Crippen LogP contribution in [0.25, 0.3) is 0 Å². The topological polar surface area (TPSA) is 85.1 Å². The van der Waals surface area contributed by atoms with Crippen LogP contribution >= 0.6 is 0 Å². The molecule has 1 aromatic heterocycles. The Hall–Kier alpha value is -2.08. The van der Waals surface area contributed by atoms with Gasteiger partial charge >= 0.3 is 0 Å². The molecular weight excluding hydrogens is 274 g/mol. The van der Waals surface area contributed by atoms with Crippen molar-refractivity contribution in [1.29, 1.82) is 0 Å². The van der Waals surface area contributed by atoms with Crippen molar-refractivity contribution in [2.24, 2.45) is 0 Å². The van der Waals surface area contributed by atoms with Gasteiger partial charge in [-0.25, -0.2) is 8.42 Å². The first-order chi connectivity index (χ1) is 9.47. The van der Waals surface area contributed by atoms with E-state index in [1.54, 1.807) is 18.3 Å². The molecule has 0 amide bonds. The Morgan fingerprint density at radius 3 is 2.65 bits per heavy atom. The third-order valence-corrected chi connectivity index (χ3v) is 3.98. The summed E-state index contributed by atoms with van der Waals surface area (Å²) in [6.07, 6.45) is 3.69. The zero-order valence-electron chi connectivity index (χ0n) is 11.2. The van der Waals surface area contributed by atoms with Crippen LogP contribution in [0.1, 0.15) is 5.69 Å². The van der Waals surface area contributed by atoms with Gasteiger partial charge in [-0.1, -0.05) is 6.07 Å². The van der Waals surface area contributed by atoms with Crippen molar-refractivity contribution >= 4 is 21.2 Å². The van der Waals surface area contributed by atoms with Crippen molar-refractivity contribution in [2.75, 3.05) is 23.9 Å². The first-order valence-corrected chi connectivity index (χ1v) is 8.09. The number of benzene rings is 1. The summed E-state index contributed by atoms with van der Waals surface area (Å²) >= 11 is 0. The maximum absolute atomic E-state index is 11.4. The molecule has 6 heteroatoms. The average Bonchev–Trinajstić information content (AvgIpc) is 2.40. The summed E-state index contributed by atoms with van der Waals surface area (Å²) in [6.45, 7) is 0.680. The van der Waals surface area contributed by atoms with Crippen molar-refractivity contribution in [3.8, 4) is 0 Å². The van der Waals surface area contributed by atoms with Gasteiger partial charge in [-0.15, -0.1) is 0 Å². The first-order valence-electron chi connectivity index (χ1n) is 6.20. The lowest BCUT2D eigenvalue weighted by Gasteiger charge is -2.10. The molecule has 0 unspecified atom stereocenters. The van der Waals surface area contributed by atoms with E-state index in [1.807, 2.05) is 18.2 Å². The van der Waals surface area contributed by atoms with Crippen LogP contribution in [-0.2, 0) is 16.3 Å². The Morgan fingerprint density at radius 1 is 1.25 bits per heavy atom. The molecule has 2 aromatic rings. The number of nitrogens with one attached hydrogen (secondary N) is 1. The monoisotopic (exact) mass is 291 g/mol. The quantitative estimate of drug-likeness (QED) is 0.819. The number of pyridine rings is 1. The van der Waals surface area contributed by atoms with Crippen LogP contribution in [0.15, 0.2) is 47.5 Å². The minimum atomic E-state index is -3.22. The predicted molar refractivity (Wildman–Crippen MR) is 80.4 cm³/mol. The smallest absolute Gasteiger partial charge is 0.175 e. The van der Waals surface area contributed by atoms with Gasteiger partial charge in [0.15, 0.2) is 9.84 Å². The molecule has 0 saturated heterocycles. The van der Waals surface area contributed by atoms with Crippen LogP contribution in [-0.4, -0.2) is 26.2 Å². The molecule has 0 atom stereocenters. The molecule has 106 valence electrons. The van der Waals surface area contributed by atoms with Crippen molar-refractivity contribution in [1.82, 2.24) is 4.98 Å². The molecule has 1 heterocycles. The summed E-state index contributed by atoms with van der Waals surface area (Å²) in [7, 11) is -3.22. The Labute approximate surface area is 118 Å². The summed E-state index contributed by atoms with van der Waals surface area (Å²) in [5.74, 6) is 0. The van der Waals surface area contributed by atoms with E-state index in [2.05, 4.69) is 10.3 Å². The highest BCUT2D eigenvalue weighted by molar-refractivity contribution is 7.90. The molecule has 0 radical (unpaired) electrons. The van der Waals surface area contributed by atoms with E-state index in [0.29, 0.717) is 12.2 Å². The summed E-state index contributed by atoms with van der Waals surface area (Å²) < 4.78 is 22.8. The van der Waals surface area contributed by atoms with Crippen LogP contribution in [0.5, 0.6) is 0 Å². The standard InChI is InChI=1S/C14H17N3O2S/c1-20(18,19)12-5-6-14(13(15)10-12)17-9-7-11-4-2-3-8-16-11/h2-6,8,10,17H,7,9,15H2,1H3. The number of anilines is 2. The normalized spacial score (nSPS) is 11.2. The van der Waals surface area contributed by atoms with E-state index < -0.39 is 9.84 Å². The number of hydrogen-bond acceptors (Lipinski definition) is 5. The van der Waals surface area contributed by atoms with Gasteiger partial charge in [0.2, 0.25) is 0 Å². The summed E-state index contributed by atoms with van der Waals surface area (Å²) in [4.78, 5) is 4.46. The van der Waals surface area contributed by atoms with E-state index in [1.165, 1.54) is 6.07 Å². The molecule has 20 heavy (non-hydrogen) atoms. The van der Waals surface area contributed by atoms with Crippen LogP contribution in [0.4, 0.5) is 11.4 Å². The van der Waals surface area contributed by atoms with Crippen LogP contribution in [0.2, 0.25) is 0 Å². The van der Waals surface area contributed by atoms with E-state index in [0.717, 1.165) is 24.1 Å². The van der Waals surface area contributed by atoms with Crippen LogP contribution in [0, 0.1) is 0 Å². The van der Waals surface area contributed by atoms with E-state index in [4.69, 9.17) is 5.73 Å². The second-order valence-corrected chi connectivity index (χ2v) is 6.53. The lowest BCUT2D eigenvalue weighted by molar-refractivity contribution is 0.602. The highest BCUT2D eigenvalue weighted by atomic mass is 32.2. The van der Waals surface area contributed by atoms with Gasteiger partial charge in [0.05, 0.1) is 16.3 Å². The number of aromatic nitrogens is 1. The number of sulfone groups is 1. The maximum atomic E-state index is 11.4. The van der Waals surface area contributed by atoms with Crippen molar-refractivity contribution in [2.45, 2.75) is 11.3 Å². The summed E-state index contributed by atoms with van der Waals surface area (Å²) in [5.41, 5.74) is 8.00. The average molecular weight is 291 g/mol. The molecule has 0 saturated carbocycles. The second kappa shape index (κ2) is 5.92. The fourth-order valence-corrected chi connectivity index (χ4v) is 2.46. The molecule has 2 rings (SSSR count). The number of nitrogen functional groups attached to an aromatic ring is 1. The molecular formula is C14H17N3O2S. The molecule has 0 bridgehead atoms. The number of nitrogens with two attached hydrogens (primary N) is 1. The van der Waals surface area contributed by atoms with Crippen molar-refractivity contribution < 1.29 is 8.42 Å². The SMILES string of the molecule is CS(=O)(=O)c1ccc(NCCc2ccccn2)c(N)c1. The lowest BCUT2D eigenvalue weighted by Crippen LogP contribution is -2.08. The number of nitrogens with zero attached hydrogens (tertiary/aromatic N) is 1. The maximum Gasteiger partial charge on any atom is 0.175 e. The van der Waals surface area contributed by atoms with E-state index >= 15 is 0 Å². The van der Waals surface area contributed by atoms with E-state index in [9.17, 15) is 8.42 Å². The number of rotatable bonds is 5. The molecule has 3 N–H and O–H groups in total. The van der Waals surface area contributed by atoms with Crippen LogP contribution in [0.3, 0.4) is 0 Å². The predicted octanol–water partition coefficient (Wildman–Crippen LogP) is 1.72. The minimum Gasteiger partial charge on any atom is -0.397 e. The minimum absolute atomic E-state index is 0.227. The third kappa shape index (κ3) is 3.71. The summed E-state index contributed by atoms with van der Waals surface area (Å²) in [6, 6.07) is 10.5. The zero-order chi connectivity index (χ0) is 14.6. The van der Waals surface area contributed by atoms with Gasteiger partial charge in [-0.2, -0.15) is 0 Å². The van der Waals surface area contributed by atoms with E-state index in [-0.39, 0.29) is 4.90 Å². The lowest BCUT2D eigenvalue weighted by atomic mass is 10.2. The van der Waals surface area contributed by atoms with Crippen molar-refractivity contribution in [3.05, 3.63) is 48.3 Å². The Kier molecular flexibility index (Phi) is 4.24. The fourth-order valence-electron chi connectivity index (χ4n) is 1.80. The third-order valence-electron chi connectivity index (χ3n) is 2.87. The van der Waals surface area contributed by atoms with Gasteiger partial charge in [0.1, 0.15) is 0 Å². The molecule has 0 aliphatic heterocycles. The molecule has 0 spiro atoms. The van der Waals surface area contributed by atoms with Gasteiger partial charge < -0.3 is 11.1 Å². The molecule has 0 aliphatic rings. The largest absolute Gasteiger partial charge is 0.397 e. The molecule has 1 aromatic carbocycles. The van der Waals surface area contributed by atoms with Gasteiger partial charge in [0, 0.05) is 31.1 Å². The Bertz CT molecular complexity index is 685. The first kappa shape index (κ1) is 14.3. The van der Waals surface area contributed by atoms with Crippen LogP contribution < -0.4 is 11.1 Å². The molecule has 0 fully saturated rings. The fraction of sp³-hybridized carbons (Fsp3) is 0.214. The zero-order valence-corrected chi connectivity index (χ0v) is 12.0. The highest BCUT2D eigenvalue weighted by Crippen LogP contribution is 2.22.